The van der Waals surface area contributed by atoms with E-state index in [0.29, 0.717) is 5.92 Å². The number of carbonyl (C=O) groups is 1. The Hall–Kier alpha value is -1.56. The Balaban J connectivity index is 1.87. The lowest BCUT2D eigenvalue weighted by atomic mass is 10.2. The minimum Gasteiger partial charge on any atom is -0.322 e. The van der Waals surface area contributed by atoms with E-state index in [0.717, 1.165) is 31.5 Å². The van der Waals surface area contributed by atoms with Crippen molar-refractivity contribution in [2.75, 3.05) is 18.4 Å². The van der Waals surface area contributed by atoms with E-state index in [1.807, 2.05) is 0 Å². The molecule has 1 amide bonds. The summed E-state index contributed by atoms with van der Waals surface area (Å²) in [4.78, 5) is 11.4. The molecule has 1 aromatic rings. The molecule has 1 saturated carbocycles. The highest BCUT2D eigenvalue weighted by atomic mass is 19.2. The van der Waals surface area contributed by atoms with Crippen molar-refractivity contribution >= 4 is 11.6 Å². The summed E-state index contributed by atoms with van der Waals surface area (Å²) in [6, 6.07) is 1.76. The number of amides is 1. The number of halogens is 3. The average molecular weight is 258 g/mol. The molecule has 18 heavy (non-hydrogen) atoms. The molecule has 1 aromatic carbocycles. The molecule has 0 saturated heterocycles. The summed E-state index contributed by atoms with van der Waals surface area (Å²) in [6.07, 6.45) is 2.32. The zero-order chi connectivity index (χ0) is 13.1. The highest BCUT2D eigenvalue weighted by Gasteiger charge is 2.21. The van der Waals surface area contributed by atoms with Gasteiger partial charge >= 0.3 is 0 Å². The van der Waals surface area contributed by atoms with Gasteiger partial charge in [-0.15, -0.1) is 0 Å². The minimum atomic E-state index is -1.58. The molecule has 98 valence electrons. The predicted octanol–water partition coefficient (Wildman–Crippen LogP) is 2.04. The highest BCUT2D eigenvalue weighted by Crippen LogP contribution is 2.27. The molecule has 0 spiro atoms. The Morgan fingerprint density at radius 1 is 1.22 bits per heavy atom. The van der Waals surface area contributed by atoms with Crippen LogP contribution in [0, 0.1) is 23.4 Å². The first kappa shape index (κ1) is 12.9. The van der Waals surface area contributed by atoms with Crippen molar-refractivity contribution in [3.05, 3.63) is 29.6 Å². The van der Waals surface area contributed by atoms with Crippen LogP contribution in [0.15, 0.2) is 12.1 Å². The summed E-state index contributed by atoms with van der Waals surface area (Å²) in [5, 5.41) is 5.10. The van der Waals surface area contributed by atoms with Gasteiger partial charge in [0, 0.05) is 0 Å². The van der Waals surface area contributed by atoms with Gasteiger partial charge in [0.15, 0.2) is 17.5 Å². The maximum Gasteiger partial charge on any atom is 0.238 e. The van der Waals surface area contributed by atoms with Gasteiger partial charge in [-0.2, -0.15) is 0 Å². The second-order valence-corrected chi connectivity index (χ2v) is 4.35. The Morgan fingerprint density at radius 3 is 2.61 bits per heavy atom. The zero-order valence-electron chi connectivity index (χ0n) is 9.60. The molecule has 1 aliphatic rings. The first-order valence-corrected chi connectivity index (χ1v) is 5.72. The summed E-state index contributed by atoms with van der Waals surface area (Å²) in [5.74, 6) is -4.11. The minimum absolute atomic E-state index is 0.0228. The topological polar surface area (TPSA) is 41.1 Å². The summed E-state index contributed by atoms with van der Waals surface area (Å²) in [5.41, 5.74) is -0.355. The van der Waals surface area contributed by atoms with Crippen LogP contribution < -0.4 is 10.6 Å². The maximum atomic E-state index is 13.2. The van der Waals surface area contributed by atoms with E-state index in [4.69, 9.17) is 0 Å². The van der Waals surface area contributed by atoms with Crippen molar-refractivity contribution in [2.24, 2.45) is 5.92 Å². The summed E-state index contributed by atoms with van der Waals surface area (Å²) in [7, 11) is 0. The van der Waals surface area contributed by atoms with E-state index < -0.39 is 23.4 Å². The number of anilines is 1. The van der Waals surface area contributed by atoms with Crippen LogP contribution in [0.4, 0.5) is 18.9 Å². The zero-order valence-corrected chi connectivity index (χ0v) is 9.60. The van der Waals surface area contributed by atoms with Crippen LogP contribution >= 0.6 is 0 Å². The van der Waals surface area contributed by atoms with Gasteiger partial charge in [-0.25, -0.2) is 13.2 Å². The monoisotopic (exact) mass is 258 g/mol. The molecule has 0 aromatic heterocycles. The molecule has 0 heterocycles. The lowest BCUT2D eigenvalue weighted by Gasteiger charge is -2.08. The van der Waals surface area contributed by atoms with E-state index in [1.54, 1.807) is 0 Å². The number of benzene rings is 1. The number of hydrogen-bond donors (Lipinski definition) is 2. The van der Waals surface area contributed by atoms with Crippen molar-refractivity contribution in [3.63, 3.8) is 0 Å². The largest absolute Gasteiger partial charge is 0.322 e. The van der Waals surface area contributed by atoms with Crippen LogP contribution in [-0.4, -0.2) is 19.0 Å². The Bertz CT molecular complexity index is 461. The second-order valence-electron chi connectivity index (χ2n) is 4.35. The number of carbonyl (C=O) groups excluding carboxylic acids is 1. The third-order valence-corrected chi connectivity index (χ3v) is 2.72. The fourth-order valence-electron chi connectivity index (χ4n) is 1.53. The van der Waals surface area contributed by atoms with Crippen LogP contribution in [0.3, 0.4) is 0 Å². The molecule has 1 aliphatic carbocycles. The molecule has 0 unspecified atom stereocenters. The molecule has 0 aliphatic heterocycles. The van der Waals surface area contributed by atoms with Crippen LogP contribution in [0.1, 0.15) is 12.8 Å². The molecular formula is C12H13F3N2O. The molecule has 2 rings (SSSR count). The predicted molar refractivity (Wildman–Crippen MR) is 60.5 cm³/mol. The second kappa shape index (κ2) is 5.39. The number of rotatable bonds is 5. The Labute approximate surface area is 102 Å². The van der Waals surface area contributed by atoms with Gasteiger partial charge in [0.1, 0.15) is 0 Å². The molecule has 0 atom stereocenters. The fourth-order valence-corrected chi connectivity index (χ4v) is 1.53. The fraction of sp³-hybridized carbons (Fsp3) is 0.417. The van der Waals surface area contributed by atoms with E-state index in [2.05, 4.69) is 10.6 Å². The van der Waals surface area contributed by atoms with Crippen LogP contribution in [-0.2, 0) is 4.79 Å². The van der Waals surface area contributed by atoms with E-state index in [-0.39, 0.29) is 12.2 Å². The SMILES string of the molecule is O=C(CNCC1CC1)Nc1ccc(F)c(F)c1F. The van der Waals surface area contributed by atoms with Crippen molar-refractivity contribution in [1.29, 1.82) is 0 Å². The van der Waals surface area contributed by atoms with Gasteiger partial charge in [0.05, 0.1) is 12.2 Å². The smallest absolute Gasteiger partial charge is 0.238 e. The van der Waals surface area contributed by atoms with Crippen molar-refractivity contribution in [2.45, 2.75) is 12.8 Å². The molecule has 0 bridgehead atoms. The first-order chi connectivity index (χ1) is 8.58. The van der Waals surface area contributed by atoms with Crippen molar-refractivity contribution in [3.8, 4) is 0 Å². The third kappa shape index (κ3) is 3.22. The summed E-state index contributed by atoms with van der Waals surface area (Å²) in [6.45, 7) is 0.766. The summed E-state index contributed by atoms with van der Waals surface area (Å²) >= 11 is 0. The van der Waals surface area contributed by atoms with Gasteiger partial charge in [0.25, 0.3) is 0 Å². The van der Waals surface area contributed by atoms with E-state index in [1.165, 1.54) is 0 Å². The van der Waals surface area contributed by atoms with Gasteiger partial charge < -0.3 is 10.6 Å². The average Bonchev–Trinajstić information content (AvgIpc) is 3.14. The Kier molecular flexibility index (Phi) is 3.86. The molecule has 0 radical (unpaired) electrons. The van der Waals surface area contributed by atoms with Gasteiger partial charge in [-0.3, -0.25) is 4.79 Å². The van der Waals surface area contributed by atoms with Crippen LogP contribution in [0.5, 0.6) is 0 Å². The highest BCUT2D eigenvalue weighted by molar-refractivity contribution is 5.92. The lowest BCUT2D eigenvalue weighted by molar-refractivity contribution is -0.115. The van der Waals surface area contributed by atoms with E-state index >= 15 is 0 Å². The molecule has 6 heteroatoms. The van der Waals surface area contributed by atoms with Crippen LogP contribution in [0.2, 0.25) is 0 Å². The van der Waals surface area contributed by atoms with Crippen molar-refractivity contribution < 1.29 is 18.0 Å². The molecule has 3 nitrogen and oxygen atoms in total. The quantitative estimate of drug-likeness (QED) is 0.793. The van der Waals surface area contributed by atoms with Gasteiger partial charge in [-0.1, -0.05) is 0 Å². The molecule has 1 fully saturated rings. The van der Waals surface area contributed by atoms with Crippen LogP contribution in [0.25, 0.3) is 0 Å². The van der Waals surface area contributed by atoms with E-state index in [9.17, 15) is 18.0 Å². The maximum absolute atomic E-state index is 13.2. The third-order valence-electron chi connectivity index (χ3n) is 2.72. The normalized spacial score (nSPS) is 14.6. The van der Waals surface area contributed by atoms with Gasteiger partial charge in [-0.05, 0) is 37.4 Å². The number of nitrogens with one attached hydrogen (secondary N) is 2. The lowest BCUT2D eigenvalue weighted by Crippen LogP contribution is -2.29. The molecular weight excluding hydrogens is 245 g/mol. The van der Waals surface area contributed by atoms with Crippen molar-refractivity contribution in [1.82, 2.24) is 5.32 Å². The number of hydrogen-bond acceptors (Lipinski definition) is 2. The Morgan fingerprint density at radius 2 is 1.94 bits per heavy atom. The standard InChI is InChI=1S/C12H13F3N2O/c13-8-3-4-9(12(15)11(8)14)17-10(18)6-16-5-7-1-2-7/h3-4,7,16H,1-2,5-6H2,(H,17,18). The first-order valence-electron chi connectivity index (χ1n) is 5.72. The molecule has 2 N–H and O–H groups in total. The van der Waals surface area contributed by atoms with Gasteiger partial charge in [0.2, 0.25) is 5.91 Å². The summed E-state index contributed by atoms with van der Waals surface area (Å²) < 4.78 is 38.8.